The molecule has 9 nitrogen and oxygen atoms in total. The lowest BCUT2D eigenvalue weighted by atomic mass is 10.1. The highest BCUT2D eigenvalue weighted by molar-refractivity contribution is 7.92. The van der Waals surface area contributed by atoms with Crippen molar-refractivity contribution in [1.82, 2.24) is 10.2 Å². The lowest BCUT2D eigenvalue weighted by Crippen LogP contribution is -2.53. The maximum Gasteiger partial charge on any atom is 0.264 e. The number of rotatable bonds is 11. The summed E-state index contributed by atoms with van der Waals surface area (Å²) in [7, 11) is -4.22. The van der Waals surface area contributed by atoms with E-state index in [0.717, 1.165) is 30.0 Å². The number of halogens is 2. The standard InChI is InChI=1S/C32H35Cl2N3O6S/c1-2-28(32(39)35-24-8-6-7-9-24)36(20-22-12-13-23(33)18-27(22)34)31(38)21-37(44(40,41)26-10-4-3-5-11-26)25-14-15-29-30(19-25)43-17-16-42-29/h3-5,10-15,18-19,24,28H,2,6-9,16-17,20-21H2,1H3,(H,35,39)/t28-/m0/s1. The summed E-state index contributed by atoms with van der Waals surface area (Å²) in [5.41, 5.74) is 0.799. The van der Waals surface area contributed by atoms with E-state index in [4.69, 9.17) is 32.7 Å². The number of fused-ring (bicyclic) bond motifs is 1. The number of hydrogen-bond donors (Lipinski definition) is 1. The first-order chi connectivity index (χ1) is 21.2. The van der Waals surface area contributed by atoms with Gasteiger partial charge in [-0.15, -0.1) is 0 Å². The number of benzene rings is 3. The SMILES string of the molecule is CC[C@@H](C(=O)NC1CCCC1)N(Cc1ccc(Cl)cc1Cl)C(=O)CN(c1ccc2c(c1)OCCO2)S(=O)(=O)c1ccccc1. The van der Waals surface area contributed by atoms with Crippen LogP contribution in [0.1, 0.15) is 44.6 Å². The molecule has 12 heteroatoms. The Morgan fingerprint density at radius 1 is 0.955 bits per heavy atom. The third kappa shape index (κ3) is 7.25. The molecule has 2 amide bonds. The monoisotopic (exact) mass is 659 g/mol. The first kappa shape index (κ1) is 31.9. The molecule has 0 spiro atoms. The van der Waals surface area contributed by atoms with Gasteiger partial charge in [-0.05, 0) is 61.2 Å². The van der Waals surface area contributed by atoms with Crippen LogP contribution in [0, 0.1) is 0 Å². The first-order valence-electron chi connectivity index (χ1n) is 14.7. The Morgan fingerprint density at radius 2 is 1.66 bits per heavy atom. The summed E-state index contributed by atoms with van der Waals surface area (Å²) in [5.74, 6) is 0.00660. The number of ether oxygens (including phenoxy) is 2. The van der Waals surface area contributed by atoms with Crippen molar-refractivity contribution >= 4 is 50.7 Å². The topological polar surface area (TPSA) is 105 Å². The van der Waals surface area contributed by atoms with Crippen molar-refractivity contribution in [2.45, 2.75) is 62.6 Å². The van der Waals surface area contributed by atoms with Crippen molar-refractivity contribution in [2.75, 3.05) is 24.1 Å². The third-order valence-electron chi connectivity index (χ3n) is 7.87. The molecule has 2 aliphatic rings. The zero-order valence-corrected chi connectivity index (χ0v) is 26.7. The van der Waals surface area contributed by atoms with Crippen LogP contribution in [-0.4, -0.2) is 57.0 Å². The predicted octanol–water partition coefficient (Wildman–Crippen LogP) is 5.83. The molecule has 5 rings (SSSR count). The van der Waals surface area contributed by atoms with E-state index in [2.05, 4.69) is 5.32 Å². The van der Waals surface area contributed by atoms with Crippen molar-refractivity contribution in [3.8, 4) is 11.5 Å². The largest absolute Gasteiger partial charge is 0.486 e. The van der Waals surface area contributed by atoms with Crippen molar-refractivity contribution in [3.63, 3.8) is 0 Å². The molecule has 0 bridgehead atoms. The Kier molecular flexibility index (Phi) is 10.2. The van der Waals surface area contributed by atoms with E-state index in [1.54, 1.807) is 54.6 Å². The molecule has 0 unspecified atom stereocenters. The summed E-state index contributed by atoms with van der Waals surface area (Å²) >= 11 is 12.6. The van der Waals surface area contributed by atoms with Gasteiger partial charge in [-0.25, -0.2) is 8.42 Å². The van der Waals surface area contributed by atoms with Crippen LogP contribution in [0.15, 0.2) is 71.6 Å². The molecule has 0 saturated heterocycles. The van der Waals surface area contributed by atoms with Gasteiger partial charge in [-0.3, -0.25) is 13.9 Å². The number of nitrogens with one attached hydrogen (secondary N) is 1. The van der Waals surface area contributed by atoms with Crippen LogP contribution in [0.2, 0.25) is 10.0 Å². The fraction of sp³-hybridized carbons (Fsp3) is 0.375. The Labute approximate surface area is 268 Å². The Bertz CT molecular complexity index is 1600. The molecular weight excluding hydrogens is 625 g/mol. The van der Waals surface area contributed by atoms with E-state index in [1.807, 2.05) is 6.92 Å². The quantitative estimate of drug-likeness (QED) is 0.278. The minimum absolute atomic E-state index is 0.0148. The van der Waals surface area contributed by atoms with E-state index in [1.165, 1.54) is 17.0 Å². The van der Waals surface area contributed by atoms with Crippen LogP contribution in [0.25, 0.3) is 0 Å². The fourth-order valence-electron chi connectivity index (χ4n) is 5.56. The summed E-state index contributed by atoms with van der Waals surface area (Å²) in [6.45, 7) is 1.91. The van der Waals surface area contributed by atoms with Crippen molar-refractivity contribution in [2.24, 2.45) is 0 Å². The molecule has 0 radical (unpaired) electrons. The third-order valence-corrected chi connectivity index (χ3v) is 10.2. The van der Waals surface area contributed by atoms with Crippen LogP contribution in [0.5, 0.6) is 11.5 Å². The summed E-state index contributed by atoms with van der Waals surface area (Å²) < 4.78 is 40.5. The number of nitrogens with zero attached hydrogens (tertiary/aromatic N) is 2. The zero-order chi connectivity index (χ0) is 31.3. The van der Waals surface area contributed by atoms with E-state index < -0.39 is 28.5 Å². The maximum atomic E-state index is 14.3. The molecule has 1 saturated carbocycles. The fourth-order valence-corrected chi connectivity index (χ4v) is 7.45. The Morgan fingerprint density at radius 3 is 2.34 bits per heavy atom. The van der Waals surface area contributed by atoms with Crippen molar-refractivity contribution < 1.29 is 27.5 Å². The molecular formula is C32H35Cl2N3O6S. The van der Waals surface area contributed by atoms with Gasteiger partial charge in [-0.2, -0.15) is 0 Å². The average molecular weight is 661 g/mol. The molecule has 44 heavy (non-hydrogen) atoms. The second-order valence-corrected chi connectivity index (χ2v) is 13.5. The smallest absolute Gasteiger partial charge is 0.264 e. The summed E-state index contributed by atoms with van der Waals surface area (Å²) in [4.78, 5) is 29.4. The first-order valence-corrected chi connectivity index (χ1v) is 16.9. The van der Waals surface area contributed by atoms with Gasteiger partial charge >= 0.3 is 0 Å². The number of carbonyl (C=O) groups excluding carboxylic acids is 2. The predicted molar refractivity (Wildman–Crippen MR) is 170 cm³/mol. The molecule has 1 fully saturated rings. The zero-order valence-electron chi connectivity index (χ0n) is 24.4. The molecule has 1 aliphatic carbocycles. The lowest BCUT2D eigenvalue weighted by Gasteiger charge is -2.34. The lowest BCUT2D eigenvalue weighted by molar-refractivity contribution is -0.140. The van der Waals surface area contributed by atoms with Gasteiger partial charge in [0.25, 0.3) is 10.0 Å². The van der Waals surface area contributed by atoms with Gasteiger partial charge in [0.15, 0.2) is 11.5 Å². The number of amides is 2. The normalized spacial score (nSPS) is 15.4. The number of hydrogen-bond acceptors (Lipinski definition) is 6. The van der Waals surface area contributed by atoms with Crippen LogP contribution >= 0.6 is 23.2 Å². The van der Waals surface area contributed by atoms with Crippen LogP contribution in [0.3, 0.4) is 0 Å². The average Bonchev–Trinajstić information content (AvgIpc) is 3.54. The van der Waals surface area contributed by atoms with Gasteiger partial charge in [-0.1, -0.05) is 67.2 Å². The molecule has 1 heterocycles. The highest BCUT2D eigenvalue weighted by atomic mass is 35.5. The van der Waals surface area contributed by atoms with Gasteiger partial charge < -0.3 is 19.7 Å². The van der Waals surface area contributed by atoms with Gasteiger partial charge in [0.1, 0.15) is 25.8 Å². The minimum atomic E-state index is -4.22. The molecule has 234 valence electrons. The van der Waals surface area contributed by atoms with Crippen LogP contribution in [-0.2, 0) is 26.2 Å². The molecule has 3 aromatic rings. The Balaban J connectivity index is 1.53. The molecule has 0 aromatic heterocycles. The molecule has 3 aromatic carbocycles. The molecule has 1 atom stereocenters. The minimum Gasteiger partial charge on any atom is -0.486 e. The van der Waals surface area contributed by atoms with Gasteiger partial charge in [0.05, 0.1) is 10.6 Å². The van der Waals surface area contributed by atoms with Crippen LogP contribution in [0.4, 0.5) is 5.69 Å². The number of anilines is 1. The van der Waals surface area contributed by atoms with Gasteiger partial charge in [0.2, 0.25) is 11.8 Å². The summed E-state index contributed by atoms with van der Waals surface area (Å²) in [6, 6.07) is 16.7. The highest BCUT2D eigenvalue weighted by Crippen LogP contribution is 2.36. The maximum absolute atomic E-state index is 14.3. The summed E-state index contributed by atoms with van der Waals surface area (Å²) in [6.07, 6.45) is 4.14. The molecule has 1 N–H and O–H groups in total. The van der Waals surface area contributed by atoms with Crippen molar-refractivity contribution in [3.05, 3.63) is 82.3 Å². The summed E-state index contributed by atoms with van der Waals surface area (Å²) in [5, 5.41) is 3.87. The van der Waals surface area contributed by atoms with E-state index >= 15 is 0 Å². The number of carbonyl (C=O) groups is 2. The van der Waals surface area contributed by atoms with E-state index in [-0.39, 0.29) is 29.1 Å². The highest BCUT2D eigenvalue weighted by Gasteiger charge is 2.35. The second-order valence-electron chi connectivity index (χ2n) is 10.8. The second kappa shape index (κ2) is 14.1. The van der Waals surface area contributed by atoms with Crippen molar-refractivity contribution in [1.29, 1.82) is 0 Å². The Hall–Kier alpha value is -3.47. The van der Waals surface area contributed by atoms with Crippen LogP contribution < -0.4 is 19.1 Å². The van der Waals surface area contributed by atoms with Gasteiger partial charge in [0, 0.05) is 28.7 Å². The molecule has 1 aliphatic heterocycles. The van der Waals surface area contributed by atoms with E-state index in [9.17, 15) is 18.0 Å². The number of sulfonamides is 1. The van der Waals surface area contributed by atoms with E-state index in [0.29, 0.717) is 46.7 Å².